The molecule has 0 aliphatic heterocycles. The van der Waals surface area contributed by atoms with E-state index in [0.29, 0.717) is 16.5 Å². The lowest BCUT2D eigenvalue weighted by atomic mass is 10.0. The zero-order chi connectivity index (χ0) is 15.4. The third-order valence-electron chi connectivity index (χ3n) is 3.07. The standard InChI is InChI=1S/C17H18Cl2O2/c1-11(2)21-15-7-4-12(5-8-15)17(20)9-13-3-6-14(18)10-16(13)19/h3-8,10-11,17,20H,9H2,1-2H3. The molecule has 0 aliphatic carbocycles. The molecule has 2 aromatic rings. The maximum Gasteiger partial charge on any atom is 0.119 e. The fraction of sp³-hybridized carbons (Fsp3) is 0.294. The quantitative estimate of drug-likeness (QED) is 0.833. The van der Waals surface area contributed by atoms with Gasteiger partial charge in [-0.25, -0.2) is 0 Å². The van der Waals surface area contributed by atoms with Gasteiger partial charge in [0.1, 0.15) is 5.75 Å². The summed E-state index contributed by atoms with van der Waals surface area (Å²) in [7, 11) is 0. The Hall–Kier alpha value is -1.22. The number of benzene rings is 2. The Labute approximate surface area is 135 Å². The molecule has 2 nitrogen and oxygen atoms in total. The minimum Gasteiger partial charge on any atom is -0.491 e. The Morgan fingerprint density at radius 1 is 1.05 bits per heavy atom. The topological polar surface area (TPSA) is 29.5 Å². The number of halogens is 2. The summed E-state index contributed by atoms with van der Waals surface area (Å²) in [5, 5.41) is 11.5. The van der Waals surface area contributed by atoms with Crippen molar-refractivity contribution in [3.8, 4) is 5.75 Å². The second-order valence-electron chi connectivity index (χ2n) is 5.19. The third kappa shape index (κ3) is 4.63. The van der Waals surface area contributed by atoms with Crippen LogP contribution < -0.4 is 4.74 Å². The van der Waals surface area contributed by atoms with Crippen molar-refractivity contribution in [2.75, 3.05) is 0 Å². The molecule has 21 heavy (non-hydrogen) atoms. The van der Waals surface area contributed by atoms with Gasteiger partial charge in [0.05, 0.1) is 12.2 Å². The maximum absolute atomic E-state index is 10.3. The van der Waals surface area contributed by atoms with Crippen molar-refractivity contribution in [1.82, 2.24) is 0 Å². The minimum atomic E-state index is -0.614. The van der Waals surface area contributed by atoms with E-state index in [9.17, 15) is 5.11 Å². The van der Waals surface area contributed by atoms with Gasteiger partial charge >= 0.3 is 0 Å². The molecular weight excluding hydrogens is 307 g/mol. The summed E-state index contributed by atoms with van der Waals surface area (Å²) in [5.74, 6) is 0.797. The summed E-state index contributed by atoms with van der Waals surface area (Å²) < 4.78 is 5.58. The summed E-state index contributed by atoms with van der Waals surface area (Å²) in [4.78, 5) is 0. The van der Waals surface area contributed by atoms with Crippen molar-refractivity contribution in [3.63, 3.8) is 0 Å². The first-order valence-corrected chi connectivity index (χ1v) is 7.60. The van der Waals surface area contributed by atoms with Crippen molar-refractivity contribution in [2.24, 2.45) is 0 Å². The molecule has 0 radical (unpaired) electrons. The lowest BCUT2D eigenvalue weighted by molar-refractivity contribution is 0.178. The van der Waals surface area contributed by atoms with E-state index < -0.39 is 6.10 Å². The molecule has 0 saturated heterocycles. The highest BCUT2D eigenvalue weighted by Gasteiger charge is 2.11. The van der Waals surface area contributed by atoms with Gasteiger partial charge in [-0.15, -0.1) is 0 Å². The second kappa shape index (κ2) is 7.17. The number of ether oxygens (including phenoxy) is 1. The van der Waals surface area contributed by atoms with Crippen LogP contribution in [-0.2, 0) is 6.42 Å². The molecule has 2 rings (SSSR count). The number of aliphatic hydroxyl groups is 1. The predicted molar refractivity (Wildman–Crippen MR) is 87.3 cm³/mol. The molecule has 0 bridgehead atoms. The molecule has 1 N–H and O–H groups in total. The summed E-state index contributed by atoms with van der Waals surface area (Å²) in [6.07, 6.45) is -0.0363. The van der Waals surface area contributed by atoms with Gasteiger partial charge in [0.15, 0.2) is 0 Å². The van der Waals surface area contributed by atoms with Crippen molar-refractivity contribution in [3.05, 3.63) is 63.6 Å². The van der Waals surface area contributed by atoms with Crippen LogP contribution in [0.25, 0.3) is 0 Å². The molecule has 0 saturated carbocycles. The Morgan fingerprint density at radius 2 is 1.71 bits per heavy atom. The monoisotopic (exact) mass is 324 g/mol. The van der Waals surface area contributed by atoms with Crippen LogP contribution in [0.3, 0.4) is 0 Å². The summed E-state index contributed by atoms with van der Waals surface area (Å²) in [5.41, 5.74) is 1.70. The van der Waals surface area contributed by atoms with E-state index in [2.05, 4.69) is 0 Å². The molecule has 0 aliphatic rings. The second-order valence-corrected chi connectivity index (χ2v) is 6.03. The van der Waals surface area contributed by atoms with Gasteiger partial charge in [-0.3, -0.25) is 0 Å². The molecule has 1 atom stereocenters. The molecule has 2 aromatic carbocycles. The van der Waals surface area contributed by atoms with Crippen LogP contribution >= 0.6 is 23.2 Å². The normalized spacial score (nSPS) is 12.5. The maximum atomic E-state index is 10.3. The van der Waals surface area contributed by atoms with E-state index in [1.165, 1.54) is 0 Å². The summed E-state index contributed by atoms with van der Waals surface area (Å²) in [6.45, 7) is 3.95. The predicted octanol–water partition coefficient (Wildman–Crippen LogP) is 5.06. The molecule has 0 fully saturated rings. The molecule has 1 unspecified atom stereocenters. The van der Waals surface area contributed by atoms with E-state index in [-0.39, 0.29) is 6.10 Å². The van der Waals surface area contributed by atoms with Crippen LogP contribution in [0.2, 0.25) is 10.0 Å². The summed E-state index contributed by atoms with van der Waals surface area (Å²) >= 11 is 12.0. The fourth-order valence-electron chi connectivity index (χ4n) is 2.05. The van der Waals surface area contributed by atoms with Crippen LogP contribution in [0.15, 0.2) is 42.5 Å². The highest BCUT2D eigenvalue weighted by Crippen LogP contribution is 2.27. The van der Waals surface area contributed by atoms with Crippen LogP contribution in [0.1, 0.15) is 31.1 Å². The Kier molecular flexibility index (Phi) is 5.51. The van der Waals surface area contributed by atoms with Gasteiger partial charge < -0.3 is 9.84 Å². The van der Waals surface area contributed by atoms with Crippen LogP contribution in [0, 0.1) is 0 Å². The number of hydrogen-bond donors (Lipinski definition) is 1. The molecule has 0 amide bonds. The van der Waals surface area contributed by atoms with Gasteiger partial charge in [0.2, 0.25) is 0 Å². The molecule has 0 heterocycles. The zero-order valence-corrected chi connectivity index (χ0v) is 13.5. The largest absolute Gasteiger partial charge is 0.491 e. The average molecular weight is 325 g/mol. The van der Waals surface area contributed by atoms with E-state index in [1.807, 2.05) is 44.2 Å². The lowest BCUT2D eigenvalue weighted by Gasteiger charge is -2.14. The van der Waals surface area contributed by atoms with Crippen LogP contribution in [-0.4, -0.2) is 11.2 Å². The zero-order valence-electron chi connectivity index (χ0n) is 12.0. The van der Waals surface area contributed by atoms with Gasteiger partial charge in [-0.1, -0.05) is 41.4 Å². The summed E-state index contributed by atoms with van der Waals surface area (Å²) in [6, 6.07) is 12.8. The molecule has 112 valence electrons. The van der Waals surface area contributed by atoms with E-state index >= 15 is 0 Å². The number of aliphatic hydroxyl groups excluding tert-OH is 1. The first-order valence-electron chi connectivity index (χ1n) is 6.84. The van der Waals surface area contributed by atoms with Crippen LogP contribution in [0.4, 0.5) is 0 Å². The van der Waals surface area contributed by atoms with E-state index in [0.717, 1.165) is 16.9 Å². The van der Waals surface area contributed by atoms with E-state index in [1.54, 1.807) is 12.1 Å². The van der Waals surface area contributed by atoms with Gasteiger partial charge in [-0.2, -0.15) is 0 Å². The highest BCUT2D eigenvalue weighted by atomic mass is 35.5. The van der Waals surface area contributed by atoms with Gasteiger partial charge in [0.25, 0.3) is 0 Å². The van der Waals surface area contributed by atoms with Crippen molar-refractivity contribution < 1.29 is 9.84 Å². The van der Waals surface area contributed by atoms with Gasteiger partial charge in [0, 0.05) is 16.5 Å². The van der Waals surface area contributed by atoms with Crippen molar-refractivity contribution in [1.29, 1.82) is 0 Å². The highest BCUT2D eigenvalue weighted by molar-refractivity contribution is 6.35. The van der Waals surface area contributed by atoms with Crippen LogP contribution in [0.5, 0.6) is 5.75 Å². The Morgan fingerprint density at radius 3 is 2.29 bits per heavy atom. The molecule has 0 spiro atoms. The Balaban J connectivity index is 2.07. The van der Waals surface area contributed by atoms with E-state index in [4.69, 9.17) is 27.9 Å². The third-order valence-corrected chi connectivity index (χ3v) is 3.65. The lowest BCUT2D eigenvalue weighted by Crippen LogP contribution is -2.06. The van der Waals surface area contributed by atoms with Gasteiger partial charge in [-0.05, 0) is 49.2 Å². The molecule has 0 aromatic heterocycles. The number of hydrogen-bond acceptors (Lipinski definition) is 2. The SMILES string of the molecule is CC(C)Oc1ccc(C(O)Cc2ccc(Cl)cc2Cl)cc1. The number of rotatable bonds is 5. The minimum absolute atomic E-state index is 0.133. The van der Waals surface area contributed by atoms with Crippen molar-refractivity contribution >= 4 is 23.2 Å². The molecule has 4 heteroatoms. The average Bonchev–Trinajstić information content (AvgIpc) is 2.42. The first kappa shape index (κ1) is 16.2. The Bertz CT molecular complexity index is 594. The van der Waals surface area contributed by atoms with Crippen molar-refractivity contribution in [2.45, 2.75) is 32.5 Å². The molecular formula is C17H18Cl2O2. The first-order chi connectivity index (χ1) is 9.95. The smallest absolute Gasteiger partial charge is 0.119 e. The fourth-order valence-corrected chi connectivity index (χ4v) is 2.54.